The molecule has 0 spiro atoms. The van der Waals surface area contributed by atoms with Gasteiger partial charge in [0.1, 0.15) is 0 Å². The molecule has 4 rings (SSSR count). The van der Waals surface area contributed by atoms with Gasteiger partial charge in [-0.05, 0) is 5.56 Å². The number of rotatable bonds is 5. The molecule has 0 N–H and O–H groups in total. The van der Waals surface area contributed by atoms with Crippen LogP contribution in [-0.4, -0.2) is 32.6 Å². The smallest absolute Gasteiger partial charge is 0.278 e. The van der Waals surface area contributed by atoms with Crippen molar-refractivity contribution in [3.8, 4) is 11.6 Å². The van der Waals surface area contributed by atoms with Crippen LogP contribution in [0.3, 0.4) is 0 Å². The Morgan fingerprint density at radius 1 is 1.19 bits per heavy atom. The van der Waals surface area contributed by atoms with Gasteiger partial charge >= 0.3 is 0 Å². The van der Waals surface area contributed by atoms with Gasteiger partial charge in [-0.2, -0.15) is 14.4 Å². The van der Waals surface area contributed by atoms with Crippen LogP contribution in [0.15, 0.2) is 34.9 Å². The first-order valence-electron chi connectivity index (χ1n) is 8.37. The van der Waals surface area contributed by atoms with E-state index in [4.69, 9.17) is 4.52 Å². The summed E-state index contributed by atoms with van der Waals surface area (Å²) in [6.07, 6.45) is 0.663. The molecule has 8 nitrogen and oxygen atoms in total. The molecule has 1 aromatic carbocycles. The van der Waals surface area contributed by atoms with Crippen LogP contribution >= 0.6 is 0 Å². The van der Waals surface area contributed by atoms with Gasteiger partial charge in [0.25, 0.3) is 5.89 Å². The largest absolute Gasteiger partial charge is 0.332 e. The van der Waals surface area contributed by atoms with Gasteiger partial charge in [0, 0.05) is 25.6 Å². The molecule has 2 aromatic heterocycles. The number of nitrogens with zero attached hydrogens (tertiary/aromatic N) is 5. The van der Waals surface area contributed by atoms with Gasteiger partial charge in [-0.3, -0.25) is 4.68 Å². The highest BCUT2D eigenvalue weighted by molar-refractivity contribution is 7.88. The summed E-state index contributed by atoms with van der Waals surface area (Å²) in [5.41, 5.74) is 3.02. The Balaban J connectivity index is 1.62. The van der Waals surface area contributed by atoms with Crippen molar-refractivity contribution in [1.29, 1.82) is 0 Å². The second-order valence-corrected chi connectivity index (χ2v) is 8.25. The molecule has 9 heteroatoms. The Bertz CT molecular complexity index is 1040. The molecule has 1 aliphatic rings. The summed E-state index contributed by atoms with van der Waals surface area (Å²) in [5.74, 6) is 0.914. The third-order valence-corrected chi connectivity index (χ3v) is 6.25. The van der Waals surface area contributed by atoms with Crippen molar-refractivity contribution in [2.45, 2.75) is 32.2 Å². The lowest BCUT2D eigenvalue weighted by Gasteiger charge is -2.16. The molecule has 3 heterocycles. The van der Waals surface area contributed by atoms with Gasteiger partial charge in [0.05, 0.1) is 18.0 Å². The maximum atomic E-state index is 12.8. The van der Waals surface area contributed by atoms with Crippen LogP contribution in [-0.2, 0) is 42.3 Å². The summed E-state index contributed by atoms with van der Waals surface area (Å²) in [6.45, 7) is 2.50. The third kappa shape index (κ3) is 2.93. The van der Waals surface area contributed by atoms with Crippen molar-refractivity contribution in [1.82, 2.24) is 24.2 Å². The van der Waals surface area contributed by atoms with Gasteiger partial charge in [-0.1, -0.05) is 42.4 Å². The number of aryl methyl sites for hydroxylation is 2. The van der Waals surface area contributed by atoms with Crippen LogP contribution in [0.4, 0.5) is 0 Å². The first kappa shape index (κ1) is 16.9. The van der Waals surface area contributed by atoms with Crippen LogP contribution in [0.1, 0.15) is 29.6 Å². The van der Waals surface area contributed by atoms with E-state index >= 15 is 0 Å². The molecule has 0 unspecified atom stereocenters. The minimum atomic E-state index is -3.44. The Morgan fingerprint density at radius 3 is 2.65 bits per heavy atom. The highest BCUT2D eigenvalue weighted by atomic mass is 32.2. The van der Waals surface area contributed by atoms with Gasteiger partial charge < -0.3 is 4.52 Å². The van der Waals surface area contributed by atoms with Crippen molar-refractivity contribution in [3.05, 3.63) is 53.0 Å². The van der Waals surface area contributed by atoms with Gasteiger partial charge in [-0.15, -0.1) is 0 Å². The van der Waals surface area contributed by atoms with Crippen LogP contribution in [0.5, 0.6) is 0 Å². The molecule has 0 saturated heterocycles. The van der Waals surface area contributed by atoms with E-state index in [0.717, 1.165) is 16.8 Å². The summed E-state index contributed by atoms with van der Waals surface area (Å²) in [7, 11) is -1.64. The zero-order chi connectivity index (χ0) is 18.3. The molecular weight excluding hydrogens is 354 g/mol. The van der Waals surface area contributed by atoms with E-state index in [1.165, 1.54) is 4.31 Å². The summed E-state index contributed by atoms with van der Waals surface area (Å²) in [4.78, 5) is 4.32. The molecule has 0 amide bonds. The molecule has 0 aliphatic carbocycles. The Labute approximate surface area is 151 Å². The Morgan fingerprint density at radius 2 is 1.96 bits per heavy atom. The maximum absolute atomic E-state index is 12.8. The minimum Gasteiger partial charge on any atom is -0.332 e. The monoisotopic (exact) mass is 373 g/mol. The lowest BCUT2D eigenvalue weighted by molar-refractivity contribution is 0.412. The minimum absolute atomic E-state index is 0.0227. The van der Waals surface area contributed by atoms with Gasteiger partial charge in [0.15, 0.2) is 11.5 Å². The van der Waals surface area contributed by atoms with Crippen molar-refractivity contribution >= 4 is 10.0 Å². The molecule has 136 valence electrons. The highest BCUT2D eigenvalue weighted by Gasteiger charge is 2.35. The fraction of sp³-hybridized carbons (Fsp3) is 0.353. The second kappa shape index (κ2) is 6.33. The number of sulfonamides is 1. The SMILES string of the molecule is CCc1noc(-c2nn(C)c3c2CN(S(=O)(=O)Cc2ccccc2)C3)n1. The molecule has 0 fully saturated rings. The molecule has 0 saturated carbocycles. The van der Waals surface area contributed by atoms with Crippen molar-refractivity contribution in [2.24, 2.45) is 7.05 Å². The van der Waals surface area contributed by atoms with E-state index in [0.29, 0.717) is 30.4 Å². The van der Waals surface area contributed by atoms with Crippen LogP contribution in [0, 0.1) is 0 Å². The fourth-order valence-corrected chi connectivity index (χ4v) is 4.55. The maximum Gasteiger partial charge on any atom is 0.278 e. The predicted molar refractivity (Wildman–Crippen MR) is 94.2 cm³/mol. The second-order valence-electron chi connectivity index (χ2n) is 6.28. The average Bonchev–Trinajstić information content (AvgIpc) is 3.32. The van der Waals surface area contributed by atoms with Gasteiger partial charge in [0.2, 0.25) is 10.0 Å². The lowest BCUT2D eigenvalue weighted by atomic mass is 10.2. The molecule has 26 heavy (non-hydrogen) atoms. The highest BCUT2D eigenvalue weighted by Crippen LogP contribution is 2.33. The topological polar surface area (TPSA) is 94.1 Å². The summed E-state index contributed by atoms with van der Waals surface area (Å²) in [6, 6.07) is 9.19. The van der Waals surface area contributed by atoms with Crippen LogP contribution < -0.4 is 0 Å². The van der Waals surface area contributed by atoms with E-state index in [1.807, 2.05) is 37.3 Å². The number of aromatic nitrogens is 4. The normalized spacial score (nSPS) is 14.7. The van der Waals surface area contributed by atoms with Crippen LogP contribution in [0.25, 0.3) is 11.6 Å². The van der Waals surface area contributed by atoms with Crippen molar-refractivity contribution in [2.75, 3.05) is 0 Å². The summed E-state index contributed by atoms with van der Waals surface area (Å²) in [5, 5.41) is 8.35. The van der Waals surface area contributed by atoms with E-state index < -0.39 is 10.0 Å². The quantitative estimate of drug-likeness (QED) is 0.678. The zero-order valence-electron chi connectivity index (χ0n) is 14.6. The number of fused-ring (bicyclic) bond motifs is 1. The Kier molecular flexibility index (Phi) is 4.12. The molecule has 0 radical (unpaired) electrons. The van der Waals surface area contributed by atoms with E-state index in [-0.39, 0.29) is 12.3 Å². The van der Waals surface area contributed by atoms with Crippen molar-refractivity contribution < 1.29 is 12.9 Å². The molecule has 3 aromatic rings. The zero-order valence-corrected chi connectivity index (χ0v) is 15.4. The molecular formula is C17H19N5O3S. The number of hydrogen-bond acceptors (Lipinski definition) is 6. The molecule has 0 bridgehead atoms. The summed E-state index contributed by atoms with van der Waals surface area (Å²) >= 11 is 0. The van der Waals surface area contributed by atoms with E-state index in [9.17, 15) is 8.42 Å². The number of benzene rings is 1. The Hall–Kier alpha value is -2.52. The molecule has 0 atom stereocenters. The molecule has 1 aliphatic heterocycles. The van der Waals surface area contributed by atoms with E-state index in [1.54, 1.807) is 11.7 Å². The van der Waals surface area contributed by atoms with Gasteiger partial charge in [-0.25, -0.2) is 8.42 Å². The number of hydrogen-bond donors (Lipinski definition) is 0. The standard InChI is InChI=1S/C17H19N5O3S/c1-3-15-18-17(25-20-15)16-13-9-22(10-14(13)21(2)19-16)26(23,24)11-12-7-5-4-6-8-12/h4-8H,3,9-11H2,1-2H3. The fourth-order valence-electron chi connectivity index (χ4n) is 3.10. The summed E-state index contributed by atoms with van der Waals surface area (Å²) < 4.78 is 34.1. The first-order chi connectivity index (χ1) is 12.5. The van der Waals surface area contributed by atoms with Crippen LogP contribution in [0.2, 0.25) is 0 Å². The first-order valence-corrected chi connectivity index (χ1v) is 9.98. The van der Waals surface area contributed by atoms with E-state index in [2.05, 4.69) is 15.2 Å². The average molecular weight is 373 g/mol. The lowest BCUT2D eigenvalue weighted by Crippen LogP contribution is -2.27. The predicted octanol–water partition coefficient (Wildman–Crippen LogP) is 1.88. The third-order valence-electron chi connectivity index (χ3n) is 4.51. The van der Waals surface area contributed by atoms with Crippen molar-refractivity contribution in [3.63, 3.8) is 0 Å².